The molecule has 1 N–H and O–H groups in total. The normalized spacial score (nSPS) is 15.6. The fourth-order valence-corrected chi connectivity index (χ4v) is 2.95. The largest absolute Gasteiger partial charge is 0.355 e. The van der Waals surface area contributed by atoms with Crippen LogP contribution >= 0.6 is 11.6 Å². The Bertz CT molecular complexity index is 552. The Morgan fingerprint density at radius 1 is 1.21 bits per heavy atom. The van der Waals surface area contributed by atoms with E-state index in [-0.39, 0.29) is 17.7 Å². The van der Waals surface area contributed by atoms with Gasteiger partial charge < -0.3 is 15.1 Å². The van der Waals surface area contributed by atoms with Crippen molar-refractivity contribution in [1.82, 2.24) is 15.1 Å². The highest BCUT2D eigenvalue weighted by molar-refractivity contribution is 6.30. The lowest BCUT2D eigenvalue weighted by Crippen LogP contribution is -2.44. The molecule has 0 bridgehead atoms. The molecule has 0 aliphatic carbocycles. The van der Waals surface area contributed by atoms with Crippen LogP contribution < -0.4 is 5.32 Å². The SMILES string of the molecule is CN(C)CCNC(=O)C1CCN(C(=O)Cc2ccc(Cl)cc2)CC1. The summed E-state index contributed by atoms with van der Waals surface area (Å²) in [5.41, 5.74) is 0.966. The van der Waals surface area contributed by atoms with E-state index in [1.807, 2.05) is 36.0 Å². The van der Waals surface area contributed by atoms with Crippen molar-refractivity contribution in [3.8, 4) is 0 Å². The Morgan fingerprint density at radius 3 is 2.42 bits per heavy atom. The number of likely N-dealkylation sites (N-methyl/N-ethyl adjacent to an activating group) is 1. The molecule has 1 aromatic rings. The molecule has 0 saturated carbocycles. The zero-order valence-corrected chi connectivity index (χ0v) is 15.2. The first-order chi connectivity index (χ1) is 11.5. The van der Waals surface area contributed by atoms with Crippen LogP contribution in [-0.4, -0.2) is 61.9 Å². The number of carbonyl (C=O) groups excluding carboxylic acids is 2. The molecular weight excluding hydrogens is 326 g/mol. The molecule has 0 aromatic heterocycles. The van der Waals surface area contributed by atoms with Gasteiger partial charge in [0.05, 0.1) is 6.42 Å². The maximum absolute atomic E-state index is 12.4. The van der Waals surface area contributed by atoms with Crippen molar-refractivity contribution < 1.29 is 9.59 Å². The molecule has 0 atom stereocenters. The second-order valence-corrected chi connectivity index (χ2v) is 6.99. The average molecular weight is 352 g/mol. The fourth-order valence-electron chi connectivity index (χ4n) is 2.83. The maximum atomic E-state index is 12.4. The third-order valence-corrected chi connectivity index (χ3v) is 4.60. The second-order valence-electron chi connectivity index (χ2n) is 6.55. The van der Waals surface area contributed by atoms with Crippen molar-refractivity contribution in [2.24, 2.45) is 5.92 Å². The van der Waals surface area contributed by atoms with Crippen LogP contribution in [0.1, 0.15) is 18.4 Å². The van der Waals surface area contributed by atoms with Crippen molar-refractivity contribution >= 4 is 23.4 Å². The monoisotopic (exact) mass is 351 g/mol. The Labute approximate surface area is 149 Å². The molecule has 1 fully saturated rings. The Morgan fingerprint density at radius 2 is 1.83 bits per heavy atom. The molecule has 0 spiro atoms. The van der Waals surface area contributed by atoms with Crippen LogP contribution in [0, 0.1) is 5.92 Å². The predicted octanol–water partition coefficient (Wildman–Crippen LogP) is 1.80. The minimum absolute atomic E-state index is 0.0201. The Kier molecular flexibility index (Phi) is 7.06. The van der Waals surface area contributed by atoms with Gasteiger partial charge in [0, 0.05) is 37.1 Å². The number of rotatable bonds is 6. The van der Waals surface area contributed by atoms with Crippen LogP contribution in [-0.2, 0) is 16.0 Å². The van der Waals surface area contributed by atoms with Crippen LogP contribution in [0.25, 0.3) is 0 Å². The topological polar surface area (TPSA) is 52.7 Å². The lowest BCUT2D eigenvalue weighted by molar-refractivity contribution is -0.135. The molecule has 0 radical (unpaired) electrons. The molecule has 6 heteroatoms. The number of piperidine rings is 1. The molecule has 24 heavy (non-hydrogen) atoms. The number of hydrogen-bond acceptors (Lipinski definition) is 3. The molecule has 1 saturated heterocycles. The van der Waals surface area contributed by atoms with Crippen LogP contribution in [0.15, 0.2) is 24.3 Å². The lowest BCUT2D eigenvalue weighted by atomic mass is 9.95. The number of nitrogens with zero attached hydrogens (tertiary/aromatic N) is 2. The summed E-state index contributed by atoms with van der Waals surface area (Å²) >= 11 is 5.86. The van der Waals surface area contributed by atoms with E-state index in [2.05, 4.69) is 5.32 Å². The van der Waals surface area contributed by atoms with Crippen molar-refractivity contribution in [1.29, 1.82) is 0 Å². The van der Waals surface area contributed by atoms with Crippen LogP contribution in [0.2, 0.25) is 5.02 Å². The zero-order chi connectivity index (χ0) is 17.5. The highest BCUT2D eigenvalue weighted by Crippen LogP contribution is 2.18. The van der Waals surface area contributed by atoms with E-state index in [0.29, 0.717) is 31.1 Å². The van der Waals surface area contributed by atoms with E-state index in [4.69, 9.17) is 11.6 Å². The third kappa shape index (κ3) is 5.80. The summed E-state index contributed by atoms with van der Waals surface area (Å²) < 4.78 is 0. The van der Waals surface area contributed by atoms with Gasteiger partial charge in [-0.1, -0.05) is 23.7 Å². The number of likely N-dealkylation sites (tertiary alicyclic amines) is 1. The first kappa shape index (κ1) is 18.7. The molecule has 2 rings (SSSR count). The van der Waals surface area contributed by atoms with E-state index in [9.17, 15) is 9.59 Å². The van der Waals surface area contributed by atoms with Gasteiger partial charge in [-0.05, 0) is 44.6 Å². The van der Waals surface area contributed by atoms with Crippen molar-refractivity contribution in [2.45, 2.75) is 19.3 Å². The smallest absolute Gasteiger partial charge is 0.226 e. The number of amides is 2. The van der Waals surface area contributed by atoms with Crippen molar-refractivity contribution in [3.63, 3.8) is 0 Å². The number of carbonyl (C=O) groups is 2. The molecule has 1 aliphatic rings. The van der Waals surface area contributed by atoms with Crippen molar-refractivity contribution in [3.05, 3.63) is 34.9 Å². The predicted molar refractivity (Wildman–Crippen MR) is 96.0 cm³/mol. The molecule has 0 unspecified atom stereocenters. The number of halogens is 1. The molecule has 1 aromatic carbocycles. The van der Waals surface area contributed by atoms with Gasteiger partial charge in [-0.15, -0.1) is 0 Å². The summed E-state index contributed by atoms with van der Waals surface area (Å²) in [6.45, 7) is 2.81. The molecule has 1 heterocycles. The molecule has 2 amide bonds. The zero-order valence-electron chi connectivity index (χ0n) is 14.4. The first-order valence-corrected chi connectivity index (χ1v) is 8.78. The van der Waals surface area contributed by atoms with E-state index in [0.717, 1.165) is 24.9 Å². The van der Waals surface area contributed by atoms with Crippen molar-refractivity contribution in [2.75, 3.05) is 40.3 Å². The summed E-state index contributed by atoms with van der Waals surface area (Å²) in [7, 11) is 3.97. The highest BCUT2D eigenvalue weighted by Gasteiger charge is 2.27. The number of nitrogens with one attached hydrogen (secondary N) is 1. The van der Waals surface area contributed by atoms with E-state index < -0.39 is 0 Å². The van der Waals surface area contributed by atoms with Gasteiger partial charge >= 0.3 is 0 Å². The van der Waals surface area contributed by atoms with E-state index >= 15 is 0 Å². The van der Waals surface area contributed by atoms with Crippen LogP contribution in [0.3, 0.4) is 0 Å². The van der Waals surface area contributed by atoms with Gasteiger partial charge in [0.25, 0.3) is 0 Å². The van der Waals surface area contributed by atoms with E-state index in [1.54, 1.807) is 12.1 Å². The number of hydrogen-bond donors (Lipinski definition) is 1. The average Bonchev–Trinajstić information content (AvgIpc) is 2.56. The Hall–Kier alpha value is -1.59. The van der Waals surface area contributed by atoms with Gasteiger partial charge in [0.2, 0.25) is 11.8 Å². The molecule has 1 aliphatic heterocycles. The summed E-state index contributed by atoms with van der Waals surface area (Å²) in [5, 5.41) is 3.65. The van der Waals surface area contributed by atoms with Gasteiger partial charge in [-0.25, -0.2) is 0 Å². The van der Waals surface area contributed by atoms with Gasteiger partial charge in [-0.2, -0.15) is 0 Å². The Balaban J connectivity index is 1.74. The number of benzene rings is 1. The fraction of sp³-hybridized carbons (Fsp3) is 0.556. The van der Waals surface area contributed by atoms with Gasteiger partial charge in [0.1, 0.15) is 0 Å². The van der Waals surface area contributed by atoms with Gasteiger partial charge in [-0.3, -0.25) is 9.59 Å². The second kappa shape index (κ2) is 9.04. The highest BCUT2D eigenvalue weighted by atomic mass is 35.5. The van der Waals surface area contributed by atoms with Gasteiger partial charge in [0.15, 0.2) is 0 Å². The van der Waals surface area contributed by atoms with E-state index in [1.165, 1.54) is 0 Å². The minimum Gasteiger partial charge on any atom is -0.355 e. The standard InChI is InChI=1S/C18H26ClN3O2/c1-21(2)12-9-20-18(24)15-7-10-22(11-8-15)17(23)13-14-3-5-16(19)6-4-14/h3-6,15H,7-13H2,1-2H3,(H,20,24). The summed E-state index contributed by atoms with van der Waals surface area (Å²) in [6.07, 6.45) is 1.86. The minimum atomic E-state index is 0.0201. The maximum Gasteiger partial charge on any atom is 0.226 e. The van der Waals surface area contributed by atoms with Crippen LogP contribution in [0.5, 0.6) is 0 Å². The molecule has 132 valence electrons. The quantitative estimate of drug-likeness (QED) is 0.850. The van der Waals surface area contributed by atoms with Crippen LogP contribution in [0.4, 0.5) is 0 Å². The third-order valence-electron chi connectivity index (χ3n) is 4.35. The summed E-state index contributed by atoms with van der Waals surface area (Å²) in [5.74, 6) is 0.247. The first-order valence-electron chi connectivity index (χ1n) is 8.40. The molecule has 5 nitrogen and oxygen atoms in total. The summed E-state index contributed by atoms with van der Waals surface area (Å²) in [6, 6.07) is 7.36. The summed E-state index contributed by atoms with van der Waals surface area (Å²) in [4.78, 5) is 28.4. The molecular formula is C18H26ClN3O2. The lowest BCUT2D eigenvalue weighted by Gasteiger charge is -2.31.